The molecule has 0 spiro atoms. The number of hydrogen-bond donors (Lipinski definition) is 0. The van der Waals surface area contributed by atoms with E-state index < -0.39 is 10.0 Å². The van der Waals surface area contributed by atoms with Crippen LogP contribution in [0.3, 0.4) is 0 Å². The minimum atomic E-state index is -3.29. The Labute approximate surface area is 123 Å². The zero-order valence-electron chi connectivity index (χ0n) is 13.3. The average molecular weight is 304 g/mol. The van der Waals surface area contributed by atoms with Crippen LogP contribution in [0.4, 0.5) is 0 Å². The summed E-state index contributed by atoms with van der Waals surface area (Å²) in [6.07, 6.45) is 2.23. The molecule has 0 unspecified atom stereocenters. The molecule has 0 N–H and O–H groups in total. The van der Waals surface area contributed by atoms with Crippen molar-refractivity contribution in [3.05, 3.63) is 0 Å². The van der Waals surface area contributed by atoms with Crippen molar-refractivity contribution in [2.75, 3.05) is 32.9 Å². The lowest BCUT2D eigenvalue weighted by atomic mass is 9.76. The highest BCUT2D eigenvalue weighted by atomic mass is 32.2. The molecule has 0 aromatic carbocycles. The monoisotopic (exact) mass is 304 g/mol. The van der Waals surface area contributed by atoms with Crippen LogP contribution >= 0.6 is 0 Å². The van der Waals surface area contributed by atoms with Crippen LogP contribution in [-0.4, -0.2) is 56.5 Å². The van der Waals surface area contributed by atoms with E-state index in [0.717, 1.165) is 25.9 Å². The third-order valence-electron chi connectivity index (χ3n) is 4.13. The van der Waals surface area contributed by atoms with Gasteiger partial charge in [0.15, 0.2) is 0 Å². The van der Waals surface area contributed by atoms with E-state index >= 15 is 0 Å². The third kappa shape index (κ3) is 4.74. The first kappa shape index (κ1) is 17.4. The van der Waals surface area contributed by atoms with Crippen molar-refractivity contribution in [1.82, 2.24) is 9.21 Å². The molecular weight excluding hydrogens is 276 g/mol. The van der Waals surface area contributed by atoms with E-state index in [1.54, 1.807) is 0 Å². The maximum absolute atomic E-state index is 12.2. The van der Waals surface area contributed by atoms with E-state index in [2.05, 4.69) is 20.8 Å². The summed E-state index contributed by atoms with van der Waals surface area (Å²) in [5.41, 5.74) is 0.189. The van der Waals surface area contributed by atoms with Gasteiger partial charge in [0.1, 0.15) is 0 Å². The summed E-state index contributed by atoms with van der Waals surface area (Å²) in [5, 5.41) is 0. The number of sulfonamides is 1. The predicted octanol–water partition coefficient (Wildman–Crippen LogP) is 1.55. The van der Waals surface area contributed by atoms with Gasteiger partial charge in [-0.25, -0.2) is 12.7 Å². The van der Waals surface area contributed by atoms with Crippen LogP contribution in [0.25, 0.3) is 0 Å². The van der Waals surface area contributed by atoms with Gasteiger partial charge in [-0.3, -0.25) is 4.79 Å². The normalized spacial score (nSPS) is 21.3. The van der Waals surface area contributed by atoms with Crippen LogP contribution in [0, 0.1) is 11.3 Å². The van der Waals surface area contributed by atoms with E-state index in [-0.39, 0.29) is 23.5 Å². The minimum Gasteiger partial charge on any atom is -0.342 e. The fourth-order valence-corrected chi connectivity index (χ4v) is 3.27. The molecule has 1 heterocycles. The lowest BCUT2D eigenvalue weighted by Gasteiger charge is -2.39. The first-order valence-corrected chi connectivity index (χ1v) is 8.83. The van der Waals surface area contributed by atoms with Gasteiger partial charge in [0.25, 0.3) is 0 Å². The van der Waals surface area contributed by atoms with Crippen molar-refractivity contribution < 1.29 is 13.2 Å². The number of nitrogens with zero attached hydrogens (tertiary/aromatic N) is 2. The molecule has 0 aromatic rings. The predicted molar refractivity (Wildman–Crippen MR) is 80.8 cm³/mol. The van der Waals surface area contributed by atoms with E-state index in [1.807, 2.05) is 4.90 Å². The summed E-state index contributed by atoms with van der Waals surface area (Å²) in [6.45, 7) is 8.10. The van der Waals surface area contributed by atoms with E-state index in [0.29, 0.717) is 5.92 Å². The molecule has 0 aromatic heterocycles. The summed E-state index contributed by atoms with van der Waals surface area (Å²) in [4.78, 5) is 14.0. The highest BCUT2D eigenvalue weighted by molar-refractivity contribution is 7.89. The van der Waals surface area contributed by atoms with Gasteiger partial charge in [-0.15, -0.1) is 0 Å². The standard InChI is InChI=1S/C14H28N2O3S/c1-14(2,3)12-7-6-9-16(11-12)13(17)8-10-20(18,19)15(4)5/h12H,6-11H2,1-5H3/t12-/m1/s1. The highest BCUT2D eigenvalue weighted by Gasteiger charge is 2.31. The molecule has 6 heteroatoms. The molecule has 1 amide bonds. The van der Waals surface area contributed by atoms with Crippen molar-refractivity contribution in [3.63, 3.8) is 0 Å². The van der Waals surface area contributed by atoms with Crippen molar-refractivity contribution in [1.29, 1.82) is 0 Å². The maximum atomic E-state index is 12.2. The quantitative estimate of drug-likeness (QED) is 0.792. The van der Waals surface area contributed by atoms with Crippen LogP contribution in [-0.2, 0) is 14.8 Å². The Morgan fingerprint density at radius 2 is 1.90 bits per heavy atom. The number of carbonyl (C=O) groups excluding carboxylic acids is 1. The number of rotatable bonds is 4. The molecule has 20 heavy (non-hydrogen) atoms. The number of hydrogen-bond acceptors (Lipinski definition) is 3. The van der Waals surface area contributed by atoms with Gasteiger partial charge in [0.05, 0.1) is 5.75 Å². The fraction of sp³-hybridized carbons (Fsp3) is 0.929. The zero-order valence-corrected chi connectivity index (χ0v) is 14.2. The molecule has 1 rings (SSSR count). The fourth-order valence-electron chi connectivity index (χ4n) is 2.47. The highest BCUT2D eigenvalue weighted by Crippen LogP contribution is 2.33. The Morgan fingerprint density at radius 3 is 2.40 bits per heavy atom. The van der Waals surface area contributed by atoms with Crippen LogP contribution in [0.5, 0.6) is 0 Å². The molecule has 0 saturated carbocycles. The smallest absolute Gasteiger partial charge is 0.223 e. The molecule has 1 fully saturated rings. The van der Waals surface area contributed by atoms with Crippen LogP contribution < -0.4 is 0 Å². The molecule has 5 nitrogen and oxygen atoms in total. The molecule has 1 aliphatic rings. The van der Waals surface area contributed by atoms with Crippen molar-refractivity contribution in [3.8, 4) is 0 Å². The van der Waals surface area contributed by atoms with Gasteiger partial charge in [-0.05, 0) is 24.2 Å². The molecule has 1 atom stereocenters. The van der Waals surface area contributed by atoms with Crippen molar-refractivity contribution in [2.24, 2.45) is 11.3 Å². The first-order chi connectivity index (χ1) is 9.04. The Bertz CT molecular complexity index is 438. The number of carbonyl (C=O) groups is 1. The molecular formula is C14H28N2O3S. The van der Waals surface area contributed by atoms with Gasteiger partial charge in [-0.1, -0.05) is 20.8 Å². The summed E-state index contributed by atoms with van der Waals surface area (Å²) >= 11 is 0. The van der Waals surface area contributed by atoms with Crippen LogP contribution in [0.2, 0.25) is 0 Å². The Balaban J connectivity index is 2.56. The Kier molecular flexibility index (Phi) is 5.61. The summed E-state index contributed by atoms with van der Waals surface area (Å²) in [7, 11) is -0.295. The summed E-state index contributed by atoms with van der Waals surface area (Å²) in [6, 6.07) is 0. The first-order valence-electron chi connectivity index (χ1n) is 7.22. The van der Waals surface area contributed by atoms with Gasteiger partial charge < -0.3 is 4.90 Å². The Morgan fingerprint density at radius 1 is 1.30 bits per heavy atom. The van der Waals surface area contributed by atoms with Crippen LogP contribution in [0.1, 0.15) is 40.0 Å². The molecule has 1 saturated heterocycles. The molecule has 0 radical (unpaired) electrons. The van der Waals surface area contributed by atoms with E-state index in [1.165, 1.54) is 18.4 Å². The summed E-state index contributed by atoms with van der Waals surface area (Å²) in [5.74, 6) is 0.352. The van der Waals surface area contributed by atoms with E-state index in [4.69, 9.17) is 0 Å². The SMILES string of the molecule is CN(C)S(=O)(=O)CCC(=O)N1CCC[C@@H](C(C)(C)C)C1. The Hall–Kier alpha value is -0.620. The minimum absolute atomic E-state index is 0.0376. The topological polar surface area (TPSA) is 57.7 Å². The van der Waals surface area contributed by atoms with Gasteiger partial charge in [-0.2, -0.15) is 0 Å². The number of piperidine rings is 1. The molecule has 0 aliphatic carbocycles. The number of likely N-dealkylation sites (tertiary alicyclic amines) is 1. The average Bonchev–Trinajstić information content (AvgIpc) is 2.35. The molecule has 1 aliphatic heterocycles. The molecule has 118 valence electrons. The lowest BCUT2D eigenvalue weighted by Crippen LogP contribution is -2.44. The third-order valence-corrected chi connectivity index (χ3v) is 5.96. The van der Waals surface area contributed by atoms with Gasteiger partial charge in [0.2, 0.25) is 15.9 Å². The zero-order chi connectivity index (χ0) is 15.6. The second kappa shape index (κ2) is 6.43. The lowest BCUT2D eigenvalue weighted by molar-refractivity contribution is -0.133. The number of amides is 1. The maximum Gasteiger partial charge on any atom is 0.223 e. The van der Waals surface area contributed by atoms with Crippen LogP contribution in [0.15, 0.2) is 0 Å². The largest absolute Gasteiger partial charge is 0.342 e. The second-order valence-corrected chi connectivity index (χ2v) is 9.20. The van der Waals surface area contributed by atoms with Gasteiger partial charge in [0, 0.05) is 33.6 Å². The van der Waals surface area contributed by atoms with Crippen molar-refractivity contribution in [2.45, 2.75) is 40.0 Å². The van der Waals surface area contributed by atoms with Crippen molar-refractivity contribution >= 4 is 15.9 Å². The molecule has 0 bridgehead atoms. The van der Waals surface area contributed by atoms with Gasteiger partial charge >= 0.3 is 0 Å². The second-order valence-electron chi connectivity index (χ2n) is 6.89. The summed E-state index contributed by atoms with van der Waals surface area (Å²) < 4.78 is 24.6. The van der Waals surface area contributed by atoms with E-state index in [9.17, 15) is 13.2 Å².